The summed E-state index contributed by atoms with van der Waals surface area (Å²) in [5.41, 5.74) is 8.09. The molecule has 86 valence electrons. The number of hydrogen-bond donors (Lipinski definition) is 1. The van der Waals surface area contributed by atoms with E-state index in [9.17, 15) is 0 Å². The fourth-order valence-corrected chi connectivity index (χ4v) is 2.12. The molecular formula is C14H20N2. The van der Waals surface area contributed by atoms with Gasteiger partial charge in [-0.2, -0.15) is 0 Å². The molecule has 2 nitrogen and oxygen atoms in total. The number of benzene rings is 1. The second-order valence-electron chi connectivity index (χ2n) is 4.27. The summed E-state index contributed by atoms with van der Waals surface area (Å²) in [6.45, 7) is 3.13. The van der Waals surface area contributed by atoms with Gasteiger partial charge in [0.2, 0.25) is 0 Å². The van der Waals surface area contributed by atoms with E-state index in [0.717, 1.165) is 13.0 Å². The Labute approximate surface area is 97.8 Å². The van der Waals surface area contributed by atoms with E-state index in [2.05, 4.69) is 41.3 Å². The van der Waals surface area contributed by atoms with Gasteiger partial charge in [0, 0.05) is 18.8 Å². The van der Waals surface area contributed by atoms with Gasteiger partial charge in [-0.15, -0.1) is 0 Å². The summed E-state index contributed by atoms with van der Waals surface area (Å²) in [7, 11) is 0. The first-order valence-electron chi connectivity index (χ1n) is 6.12. The molecule has 1 aliphatic heterocycles. The highest BCUT2D eigenvalue weighted by Gasteiger charge is 2.11. The standard InChI is InChI=1S/C14H20N2/c15-9-2-1-6-13-7-5-8-14(12-13)16-10-3-4-11-16/h1,5-8,12H,2-4,9-11,15H2. The van der Waals surface area contributed by atoms with Crippen molar-refractivity contribution in [3.05, 3.63) is 35.9 Å². The van der Waals surface area contributed by atoms with Crippen LogP contribution in [0.15, 0.2) is 30.3 Å². The second-order valence-corrected chi connectivity index (χ2v) is 4.27. The van der Waals surface area contributed by atoms with Gasteiger partial charge in [0.05, 0.1) is 0 Å². The molecule has 0 spiro atoms. The lowest BCUT2D eigenvalue weighted by atomic mass is 10.1. The minimum Gasteiger partial charge on any atom is -0.372 e. The third-order valence-corrected chi connectivity index (χ3v) is 2.99. The molecule has 16 heavy (non-hydrogen) atoms. The Bertz CT molecular complexity index is 352. The highest BCUT2D eigenvalue weighted by Crippen LogP contribution is 2.21. The topological polar surface area (TPSA) is 29.3 Å². The maximum absolute atomic E-state index is 5.46. The smallest absolute Gasteiger partial charge is 0.0372 e. The average molecular weight is 216 g/mol. The molecule has 0 aliphatic carbocycles. The van der Waals surface area contributed by atoms with Crippen LogP contribution in [0.4, 0.5) is 5.69 Å². The summed E-state index contributed by atoms with van der Waals surface area (Å²) >= 11 is 0. The van der Waals surface area contributed by atoms with E-state index in [4.69, 9.17) is 5.73 Å². The van der Waals surface area contributed by atoms with Crippen LogP contribution in [-0.2, 0) is 0 Å². The quantitative estimate of drug-likeness (QED) is 0.838. The van der Waals surface area contributed by atoms with Gasteiger partial charge in [-0.1, -0.05) is 24.3 Å². The summed E-state index contributed by atoms with van der Waals surface area (Å²) in [5, 5.41) is 0. The molecule has 0 bridgehead atoms. The molecule has 1 fully saturated rings. The van der Waals surface area contributed by atoms with Crippen LogP contribution in [0.25, 0.3) is 6.08 Å². The van der Waals surface area contributed by atoms with E-state index >= 15 is 0 Å². The highest BCUT2D eigenvalue weighted by molar-refractivity contribution is 5.58. The van der Waals surface area contributed by atoms with Gasteiger partial charge >= 0.3 is 0 Å². The molecule has 0 radical (unpaired) electrons. The van der Waals surface area contributed by atoms with E-state index in [1.165, 1.54) is 37.2 Å². The number of nitrogens with zero attached hydrogens (tertiary/aromatic N) is 1. The van der Waals surface area contributed by atoms with E-state index in [0.29, 0.717) is 0 Å². The van der Waals surface area contributed by atoms with Gasteiger partial charge in [0.1, 0.15) is 0 Å². The first-order chi connectivity index (χ1) is 7.90. The molecule has 0 saturated carbocycles. The minimum absolute atomic E-state index is 0.725. The number of rotatable bonds is 4. The summed E-state index contributed by atoms with van der Waals surface area (Å²) in [5.74, 6) is 0. The van der Waals surface area contributed by atoms with Crippen molar-refractivity contribution in [1.82, 2.24) is 0 Å². The molecule has 1 aromatic rings. The van der Waals surface area contributed by atoms with E-state index < -0.39 is 0 Å². The number of nitrogens with two attached hydrogens (primary N) is 1. The largest absolute Gasteiger partial charge is 0.372 e. The first-order valence-corrected chi connectivity index (χ1v) is 6.12. The molecule has 1 aromatic carbocycles. The summed E-state index contributed by atoms with van der Waals surface area (Å²) in [6, 6.07) is 8.74. The Kier molecular flexibility index (Phi) is 4.00. The zero-order valence-corrected chi connectivity index (χ0v) is 9.73. The number of hydrogen-bond acceptors (Lipinski definition) is 2. The molecule has 1 heterocycles. The molecule has 2 heteroatoms. The third kappa shape index (κ3) is 2.86. The van der Waals surface area contributed by atoms with Crippen molar-refractivity contribution in [3.63, 3.8) is 0 Å². The van der Waals surface area contributed by atoms with Crippen LogP contribution in [0.1, 0.15) is 24.8 Å². The summed E-state index contributed by atoms with van der Waals surface area (Å²) < 4.78 is 0. The Morgan fingerprint density at radius 1 is 1.25 bits per heavy atom. The normalized spacial score (nSPS) is 16.2. The third-order valence-electron chi connectivity index (χ3n) is 2.99. The van der Waals surface area contributed by atoms with Crippen molar-refractivity contribution >= 4 is 11.8 Å². The predicted molar refractivity (Wildman–Crippen MR) is 70.6 cm³/mol. The van der Waals surface area contributed by atoms with Gasteiger partial charge in [0.15, 0.2) is 0 Å². The van der Waals surface area contributed by atoms with E-state index in [1.54, 1.807) is 0 Å². The lowest BCUT2D eigenvalue weighted by Crippen LogP contribution is -2.17. The Balaban J connectivity index is 2.06. The van der Waals surface area contributed by atoms with Crippen molar-refractivity contribution in [2.75, 3.05) is 24.5 Å². The summed E-state index contributed by atoms with van der Waals surface area (Å²) in [6.07, 6.45) is 7.91. The van der Waals surface area contributed by atoms with Crippen molar-refractivity contribution in [2.45, 2.75) is 19.3 Å². The molecule has 0 unspecified atom stereocenters. The van der Waals surface area contributed by atoms with Gasteiger partial charge in [0.25, 0.3) is 0 Å². The van der Waals surface area contributed by atoms with Crippen molar-refractivity contribution in [2.24, 2.45) is 5.73 Å². The predicted octanol–water partition coefficient (Wildman–Crippen LogP) is 2.65. The minimum atomic E-state index is 0.725. The van der Waals surface area contributed by atoms with Gasteiger partial charge in [-0.05, 0) is 43.5 Å². The molecule has 1 aliphatic rings. The van der Waals surface area contributed by atoms with Crippen LogP contribution in [0.2, 0.25) is 0 Å². The van der Waals surface area contributed by atoms with Crippen molar-refractivity contribution < 1.29 is 0 Å². The van der Waals surface area contributed by atoms with Crippen LogP contribution >= 0.6 is 0 Å². The zero-order valence-electron chi connectivity index (χ0n) is 9.73. The van der Waals surface area contributed by atoms with E-state index in [-0.39, 0.29) is 0 Å². The van der Waals surface area contributed by atoms with Crippen LogP contribution in [-0.4, -0.2) is 19.6 Å². The van der Waals surface area contributed by atoms with E-state index in [1.807, 2.05) is 0 Å². The highest BCUT2D eigenvalue weighted by atomic mass is 15.1. The van der Waals surface area contributed by atoms with Crippen LogP contribution < -0.4 is 10.6 Å². The molecule has 1 saturated heterocycles. The first kappa shape index (κ1) is 11.2. The monoisotopic (exact) mass is 216 g/mol. The maximum Gasteiger partial charge on any atom is 0.0372 e. The second kappa shape index (κ2) is 5.71. The fraction of sp³-hybridized carbons (Fsp3) is 0.429. The average Bonchev–Trinajstić information content (AvgIpc) is 2.83. The molecule has 0 aromatic heterocycles. The zero-order chi connectivity index (χ0) is 11.2. The van der Waals surface area contributed by atoms with Gasteiger partial charge in [-0.3, -0.25) is 0 Å². The van der Waals surface area contributed by atoms with Crippen molar-refractivity contribution in [3.8, 4) is 0 Å². The Hall–Kier alpha value is -1.28. The fourth-order valence-electron chi connectivity index (χ4n) is 2.12. The molecule has 0 amide bonds. The molecule has 2 rings (SSSR count). The van der Waals surface area contributed by atoms with Crippen LogP contribution in [0.3, 0.4) is 0 Å². The van der Waals surface area contributed by atoms with Crippen molar-refractivity contribution in [1.29, 1.82) is 0 Å². The lowest BCUT2D eigenvalue weighted by Gasteiger charge is -2.17. The lowest BCUT2D eigenvalue weighted by molar-refractivity contribution is 0.949. The summed E-state index contributed by atoms with van der Waals surface area (Å²) in [4.78, 5) is 2.46. The number of anilines is 1. The molecular weight excluding hydrogens is 196 g/mol. The maximum atomic E-state index is 5.46. The molecule has 0 atom stereocenters. The Morgan fingerprint density at radius 2 is 2.06 bits per heavy atom. The van der Waals surface area contributed by atoms with Gasteiger partial charge < -0.3 is 10.6 Å². The van der Waals surface area contributed by atoms with Crippen LogP contribution in [0.5, 0.6) is 0 Å². The van der Waals surface area contributed by atoms with Gasteiger partial charge in [-0.25, -0.2) is 0 Å². The Morgan fingerprint density at radius 3 is 2.81 bits per heavy atom. The van der Waals surface area contributed by atoms with Crippen LogP contribution in [0, 0.1) is 0 Å². The SMILES string of the molecule is NCCC=Cc1cccc(N2CCCC2)c1. The molecule has 2 N–H and O–H groups in total.